The third kappa shape index (κ3) is 8.43. The molecule has 39 heavy (non-hydrogen) atoms. The molecule has 4 aromatic rings. The SMILES string of the molecule is CC(C)(C)c1cc2c([c-]c1-c1ccccc1)Cc1cc(-c3ccccc3)c(C(C)(C)C)cc1-2.[Cl-].[Cl-].[Cl-].[Cl-].[Zr+4].[Zr+4]. The maximum atomic E-state index is 3.88. The molecule has 0 radical (unpaired) electrons. The monoisotopic (exact) mass is 749 g/mol. The zero-order chi connectivity index (χ0) is 23.4. The van der Waals surface area contributed by atoms with E-state index in [0.717, 1.165) is 6.42 Å². The second-order valence-electron chi connectivity index (χ2n) is 11.4. The molecule has 0 amide bonds. The zero-order valence-electron chi connectivity index (χ0n) is 23.2. The van der Waals surface area contributed by atoms with Crippen molar-refractivity contribution in [1.82, 2.24) is 0 Å². The summed E-state index contributed by atoms with van der Waals surface area (Å²) in [4.78, 5) is 0. The van der Waals surface area contributed by atoms with Gasteiger partial charge in [-0.15, -0.1) is 28.8 Å². The number of hydrogen-bond acceptors (Lipinski definition) is 0. The topological polar surface area (TPSA) is 0 Å². The van der Waals surface area contributed by atoms with Crippen LogP contribution >= 0.6 is 0 Å². The van der Waals surface area contributed by atoms with Crippen LogP contribution < -0.4 is 49.6 Å². The molecule has 0 heterocycles. The van der Waals surface area contributed by atoms with Crippen LogP contribution in [0.2, 0.25) is 0 Å². The summed E-state index contributed by atoms with van der Waals surface area (Å²) in [6.07, 6.45) is 0.944. The van der Waals surface area contributed by atoms with Crippen molar-refractivity contribution < 1.29 is 102 Å². The predicted octanol–water partition coefficient (Wildman–Crippen LogP) is -3.00. The molecular weight excluding hydrogens is 721 g/mol. The van der Waals surface area contributed by atoms with Gasteiger partial charge >= 0.3 is 52.4 Å². The fourth-order valence-electron chi connectivity index (χ4n) is 5.10. The molecule has 1 aliphatic carbocycles. The van der Waals surface area contributed by atoms with Gasteiger partial charge in [-0.05, 0) is 39.5 Å². The van der Waals surface area contributed by atoms with Crippen molar-refractivity contribution in [1.29, 1.82) is 0 Å². The van der Waals surface area contributed by atoms with Crippen molar-refractivity contribution in [2.24, 2.45) is 0 Å². The summed E-state index contributed by atoms with van der Waals surface area (Å²) in [5, 5.41) is 0. The summed E-state index contributed by atoms with van der Waals surface area (Å²) in [6, 6.07) is 32.8. The van der Waals surface area contributed by atoms with Gasteiger partial charge in [0, 0.05) is 0 Å². The van der Waals surface area contributed by atoms with Crippen molar-refractivity contribution >= 4 is 0 Å². The summed E-state index contributed by atoms with van der Waals surface area (Å²) >= 11 is 0. The van der Waals surface area contributed by atoms with E-state index in [0.29, 0.717) is 0 Å². The van der Waals surface area contributed by atoms with Crippen LogP contribution in [0, 0.1) is 6.07 Å². The Kier molecular flexibility index (Phi) is 16.7. The second-order valence-corrected chi connectivity index (χ2v) is 11.4. The first-order valence-corrected chi connectivity index (χ1v) is 12.0. The summed E-state index contributed by atoms with van der Waals surface area (Å²) in [7, 11) is 0. The zero-order valence-corrected chi connectivity index (χ0v) is 31.2. The molecule has 0 saturated heterocycles. The summed E-state index contributed by atoms with van der Waals surface area (Å²) in [6.45, 7) is 13.9. The van der Waals surface area contributed by atoms with Gasteiger partial charge < -0.3 is 49.6 Å². The van der Waals surface area contributed by atoms with Crippen molar-refractivity contribution in [2.45, 2.75) is 58.8 Å². The fraction of sp³-hybridized carbons (Fsp3) is 0.273. The third-order valence-electron chi connectivity index (χ3n) is 6.82. The van der Waals surface area contributed by atoms with E-state index in [1.165, 1.54) is 55.6 Å². The van der Waals surface area contributed by atoms with Crippen molar-refractivity contribution in [3.8, 4) is 33.4 Å². The molecule has 0 unspecified atom stereocenters. The van der Waals surface area contributed by atoms with E-state index in [9.17, 15) is 0 Å². The Morgan fingerprint density at radius 1 is 0.538 bits per heavy atom. The fourth-order valence-corrected chi connectivity index (χ4v) is 5.10. The number of halogens is 4. The van der Waals surface area contributed by atoms with Crippen molar-refractivity contribution in [3.05, 3.63) is 107 Å². The second kappa shape index (κ2) is 15.9. The van der Waals surface area contributed by atoms with E-state index >= 15 is 0 Å². The number of rotatable bonds is 2. The molecule has 0 N–H and O–H groups in total. The minimum atomic E-state index is 0. The minimum Gasteiger partial charge on any atom is -1.00 e. The summed E-state index contributed by atoms with van der Waals surface area (Å²) in [5.74, 6) is 0. The Bertz CT molecular complexity index is 1240. The van der Waals surface area contributed by atoms with E-state index in [4.69, 9.17) is 0 Å². The van der Waals surface area contributed by atoms with Crippen LogP contribution in [0.3, 0.4) is 0 Å². The average Bonchev–Trinajstić information content (AvgIpc) is 3.14. The largest absolute Gasteiger partial charge is 4.00 e. The Balaban J connectivity index is 0. The first-order chi connectivity index (χ1) is 15.6. The molecule has 0 bridgehead atoms. The smallest absolute Gasteiger partial charge is 1.00 e. The Morgan fingerprint density at radius 2 is 1.00 bits per heavy atom. The van der Waals surface area contributed by atoms with E-state index in [-0.39, 0.29) is 113 Å². The molecule has 0 aromatic heterocycles. The third-order valence-corrected chi connectivity index (χ3v) is 6.82. The number of benzene rings is 4. The summed E-state index contributed by atoms with van der Waals surface area (Å²) in [5.41, 5.74) is 13.5. The van der Waals surface area contributed by atoms with Gasteiger partial charge in [0.2, 0.25) is 0 Å². The van der Waals surface area contributed by atoms with E-state index in [2.05, 4.69) is 126 Å². The normalized spacial score (nSPS) is 11.0. The maximum absolute atomic E-state index is 3.88. The van der Waals surface area contributed by atoms with Gasteiger partial charge in [-0.3, -0.25) is 0 Å². The molecule has 0 atom stereocenters. The molecule has 0 spiro atoms. The quantitative estimate of drug-likeness (QED) is 0.169. The van der Waals surface area contributed by atoms with Gasteiger partial charge in [-0.2, -0.15) is 0 Å². The molecule has 198 valence electrons. The maximum Gasteiger partial charge on any atom is 4.00 e. The molecule has 6 heteroatoms. The predicted molar refractivity (Wildman–Crippen MR) is 142 cm³/mol. The number of hydrogen-bond donors (Lipinski definition) is 0. The Hall–Kier alpha value is -0.194. The van der Waals surface area contributed by atoms with Gasteiger partial charge in [0.15, 0.2) is 0 Å². The minimum absolute atomic E-state index is 0. The van der Waals surface area contributed by atoms with Gasteiger partial charge in [0.25, 0.3) is 0 Å². The standard InChI is InChI=1S/C33H33.4ClH.2Zr/c1-32(2,3)30-20-26-24(18-28(30)22-13-9-7-10-14-22)17-25-19-29(23-15-11-8-12-16-23)31(21-27(25)26)33(4,5)6;;;;;;/h7-16,18,20-21H,17H2,1-6H3;4*1H;;/q-1;;;;;2*+4/p-4. The van der Waals surface area contributed by atoms with Gasteiger partial charge in [-0.1, -0.05) is 131 Å². The molecule has 0 nitrogen and oxygen atoms in total. The van der Waals surface area contributed by atoms with Crippen LogP contribution in [-0.2, 0) is 69.7 Å². The van der Waals surface area contributed by atoms with E-state index in [1.54, 1.807) is 0 Å². The van der Waals surface area contributed by atoms with Crippen LogP contribution in [0.4, 0.5) is 0 Å². The van der Waals surface area contributed by atoms with Crippen molar-refractivity contribution in [3.63, 3.8) is 0 Å². The van der Waals surface area contributed by atoms with Gasteiger partial charge in [0.1, 0.15) is 0 Å². The number of fused-ring (bicyclic) bond motifs is 3. The molecular formula is C33H33Cl4Zr2+3. The van der Waals surface area contributed by atoms with Crippen molar-refractivity contribution in [2.75, 3.05) is 0 Å². The molecule has 4 aromatic carbocycles. The van der Waals surface area contributed by atoms with Gasteiger partial charge in [-0.25, -0.2) is 0 Å². The van der Waals surface area contributed by atoms with Crippen LogP contribution in [0.15, 0.2) is 78.9 Å². The molecule has 0 aliphatic heterocycles. The molecule has 5 rings (SSSR count). The molecule has 1 aliphatic rings. The average molecular weight is 754 g/mol. The first kappa shape index (κ1) is 40.9. The van der Waals surface area contributed by atoms with Crippen LogP contribution in [0.1, 0.15) is 63.8 Å². The van der Waals surface area contributed by atoms with E-state index < -0.39 is 0 Å². The van der Waals surface area contributed by atoms with Crippen LogP contribution in [0.25, 0.3) is 33.4 Å². The van der Waals surface area contributed by atoms with Gasteiger partial charge in [0.05, 0.1) is 0 Å². The first-order valence-electron chi connectivity index (χ1n) is 12.0. The molecule has 0 saturated carbocycles. The van der Waals surface area contributed by atoms with Crippen LogP contribution in [-0.4, -0.2) is 0 Å². The molecule has 0 fully saturated rings. The van der Waals surface area contributed by atoms with E-state index in [1.807, 2.05) is 0 Å². The summed E-state index contributed by atoms with van der Waals surface area (Å²) < 4.78 is 0. The Labute approximate surface area is 298 Å². The Morgan fingerprint density at radius 3 is 1.49 bits per heavy atom. The van der Waals surface area contributed by atoms with Crippen LogP contribution in [0.5, 0.6) is 0 Å².